The first-order valence-electron chi connectivity index (χ1n) is 19.5. The van der Waals surface area contributed by atoms with E-state index in [0.717, 1.165) is 37.9 Å². The first-order valence-corrected chi connectivity index (χ1v) is 20.5. The quantitative estimate of drug-likeness (QED) is 0.0444. The van der Waals surface area contributed by atoms with Gasteiger partial charge in [-0.3, -0.25) is 19.4 Å². The molecule has 0 aromatic heterocycles. The van der Waals surface area contributed by atoms with E-state index < -0.39 is 0 Å². The molecule has 2 saturated heterocycles. The Bertz CT molecular complexity index is 1350. The highest BCUT2D eigenvalue weighted by molar-refractivity contribution is 8.00. The Balaban J connectivity index is 0.980. The molecule has 4 amide bonds. The van der Waals surface area contributed by atoms with Crippen LogP contribution in [0.5, 0.6) is 0 Å². The van der Waals surface area contributed by atoms with Crippen LogP contribution in [0.1, 0.15) is 85.0 Å². The van der Waals surface area contributed by atoms with Crippen LogP contribution in [0.25, 0.3) is 0 Å². The number of aliphatic hydroxyl groups excluding tert-OH is 1. The zero-order valence-corrected chi connectivity index (χ0v) is 33.1. The molecule has 0 aromatic carbocycles. The lowest BCUT2D eigenvalue weighted by molar-refractivity contribution is -0.121. The molecule has 4 aliphatic rings. The number of ether oxygens (including phenoxy) is 4. The number of amides is 4. The van der Waals surface area contributed by atoms with E-state index in [2.05, 4.69) is 43.4 Å². The molecule has 2 fully saturated rings. The summed E-state index contributed by atoms with van der Waals surface area (Å²) in [5.74, 6) is 0.514. The molecule has 0 saturated carbocycles. The number of unbranched alkanes of at least 4 members (excludes halogenated alkanes) is 1. The highest BCUT2D eigenvalue weighted by atomic mass is 32.2. The van der Waals surface area contributed by atoms with E-state index >= 15 is 0 Å². The van der Waals surface area contributed by atoms with Gasteiger partial charge in [0.15, 0.2) is 11.4 Å². The van der Waals surface area contributed by atoms with Crippen LogP contribution in [0.2, 0.25) is 0 Å². The molecule has 3 aliphatic heterocycles. The number of nitrogens with zero attached hydrogens (tertiary/aromatic N) is 3. The molecule has 0 spiro atoms. The predicted octanol–water partition coefficient (Wildman–Crippen LogP) is 3.40. The number of urea groups is 1. The number of carbonyl (C=O) groups excluding carboxylic acids is 4. The molecule has 16 nitrogen and oxygen atoms in total. The minimum atomic E-state index is -0.349. The van der Waals surface area contributed by atoms with Crippen LogP contribution in [-0.2, 0) is 33.3 Å². The normalized spacial score (nSPS) is 22.6. The number of rotatable bonds is 28. The molecule has 5 N–H and O–H groups in total. The summed E-state index contributed by atoms with van der Waals surface area (Å²) in [5, 5.41) is 31.1. The molecule has 4 rings (SSSR count). The van der Waals surface area contributed by atoms with Gasteiger partial charge in [-0.25, -0.2) is 4.79 Å². The van der Waals surface area contributed by atoms with Gasteiger partial charge in [-0.15, -0.1) is 0 Å². The molecule has 0 unspecified atom stereocenters. The maximum Gasteiger partial charge on any atom is 0.315 e. The number of hydrogen-bond donors (Lipinski definition) is 5. The first kappa shape index (κ1) is 43.6. The maximum atomic E-state index is 13.0. The Morgan fingerprint density at radius 1 is 0.870 bits per heavy atom. The van der Waals surface area contributed by atoms with E-state index in [-0.39, 0.29) is 84.1 Å². The molecule has 3 heterocycles. The molecule has 0 radical (unpaired) electrons. The van der Waals surface area contributed by atoms with Gasteiger partial charge in [0.1, 0.15) is 12.3 Å². The fraction of sp³-hybridized carbons (Fsp3) is 0.811. The van der Waals surface area contributed by atoms with Crippen molar-refractivity contribution in [2.24, 2.45) is 20.6 Å². The summed E-state index contributed by atoms with van der Waals surface area (Å²) in [7, 11) is 0. The van der Waals surface area contributed by atoms with E-state index in [1.54, 1.807) is 0 Å². The van der Waals surface area contributed by atoms with Gasteiger partial charge < -0.3 is 45.3 Å². The monoisotopic (exact) mass is 779 g/mol. The Morgan fingerprint density at radius 3 is 2.20 bits per heavy atom. The molecule has 0 bridgehead atoms. The van der Waals surface area contributed by atoms with Crippen LogP contribution in [0, 0.1) is 5.41 Å². The van der Waals surface area contributed by atoms with Crippen LogP contribution < -0.4 is 21.3 Å². The second-order valence-corrected chi connectivity index (χ2v) is 16.2. The second kappa shape index (κ2) is 22.4. The van der Waals surface area contributed by atoms with Gasteiger partial charge >= 0.3 is 6.03 Å². The smallest absolute Gasteiger partial charge is 0.315 e. The Labute approximate surface area is 323 Å². The molecule has 54 heavy (non-hydrogen) atoms. The fourth-order valence-electron chi connectivity index (χ4n) is 6.88. The predicted molar refractivity (Wildman–Crippen MR) is 205 cm³/mol. The Morgan fingerprint density at radius 2 is 1.54 bits per heavy atom. The SMILES string of the molecule is CCCC1(CCNC(=O)CN=C(CCOCCOCCOCCOCCNC(=O)CCCC[C@@H]2SC[C@@H]3NC(=O)N[C@@H]32)C2=C(O)CC(C)(C)CC2=O)N=N1. The number of aliphatic hydroxyl groups is 1. The third-order valence-electron chi connectivity index (χ3n) is 9.68. The Hall–Kier alpha value is -3.12. The van der Waals surface area contributed by atoms with Crippen LogP contribution in [0.4, 0.5) is 4.79 Å². The van der Waals surface area contributed by atoms with Crippen molar-refractivity contribution in [3.63, 3.8) is 0 Å². The zero-order valence-electron chi connectivity index (χ0n) is 32.3. The summed E-state index contributed by atoms with van der Waals surface area (Å²) in [5.41, 5.74) is -0.122. The van der Waals surface area contributed by atoms with E-state index in [0.29, 0.717) is 89.6 Å². The molecule has 17 heteroatoms. The van der Waals surface area contributed by atoms with Crippen LogP contribution in [-0.4, -0.2) is 136 Å². The molecule has 304 valence electrons. The van der Waals surface area contributed by atoms with Crippen molar-refractivity contribution in [1.29, 1.82) is 0 Å². The summed E-state index contributed by atoms with van der Waals surface area (Å²) in [6.07, 6.45) is 6.64. The molecule has 3 atom stereocenters. The van der Waals surface area contributed by atoms with Gasteiger partial charge in [0.25, 0.3) is 0 Å². The minimum Gasteiger partial charge on any atom is -0.511 e. The van der Waals surface area contributed by atoms with Gasteiger partial charge in [-0.05, 0) is 24.7 Å². The first-order chi connectivity index (χ1) is 26.0. The number of carbonyl (C=O) groups is 4. The highest BCUT2D eigenvalue weighted by Gasteiger charge is 2.42. The van der Waals surface area contributed by atoms with Crippen LogP contribution >= 0.6 is 11.8 Å². The van der Waals surface area contributed by atoms with Gasteiger partial charge in [-0.1, -0.05) is 33.6 Å². The van der Waals surface area contributed by atoms with Crippen molar-refractivity contribution < 1.29 is 43.2 Å². The summed E-state index contributed by atoms with van der Waals surface area (Å²) in [4.78, 5) is 53.6. The average molecular weight is 780 g/mol. The van der Waals surface area contributed by atoms with Crippen molar-refractivity contribution >= 4 is 41.1 Å². The summed E-state index contributed by atoms with van der Waals surface area (Å²) in [6, 6.07) is 0.363. The van der Waals surface area contributed by atoms with Crippen molar-refractivity contribution in [3.05, 3.63) is 11.3 Å². The van der Waals surface area contributed by atoms with Crippen LogP contribution in [0.3, 0.4) is 0 Å². The van der Waals surface area contributed by atoms with Crippen molar-refractivity contribution in [2.45, 2.75) is 108 Å². The zero-order chi connectivity index (χ0) is 38.8. The number of fused-ring (bicyclic) bond motifs is 1. The molecule has 1 aliphatic carbocycles. The molecule has 0 aromatic rings. The number of nitrogens with one attached hydrogen (secondary N) is 4. The number of ketones is 1. The second-order valence-electron chi connectivity index (χ2n) is 15.0. The lowest BCUT2D eigenvalue weighted by atomic mass is 9.75. The Kier molecular flexibility index (Phi) is 18.1. The van der Waals surface area contributed by atoms with Gasteiger partial charge in [-0.2, -0.15) is 22.0 Å². The molecular weight excluding hydrogens is 719 g/mol. The number of hydrogen-bond acceptors (Lipinski definition) is 13. The van der Waals surface area contributed by atoms with Gasteiger partial charge in [0.05, 0.1) is 76.2 Å². The van der Waals surface area contributed by atoms with Crippen LogP contribution in [0.15, 0.2) is 26.6 Å². The number of thioether (sulfide) groups is 1. The number of allylic oxidation sites excluding steroid dienone is 2. The van der Waals surface area contributed by atoms with E-state index in [4.69, 9.17) is 18.9 Å². The standard InChI is InChI=1S/C37H61N7O9S/c1-4-10-37(43-44-37)11-12-38-32(48)24-40-26(33-28(45)22-36(2,3)23-29(33)46)9-14-50-16-18-52-20-21-53-19-17-51-15-13-39-31(47)8-6-5-7-30-34-27(25-54-30)41-35(49)42-34/h27,30,34,45H,4-25H2,1-3H3,(H,38,48)(H,39,47)(H2,41,42,49)/t27-,30-,34-/m0/s1. The summed E-state index contributed by atoms with van der Waals surface area (Å²) in [6.45, 7) is 9.61. The topological polar surface area (TPSA) is 211 Å². The third kappa shape index (κ3) is 15.2. The maximum absolute atomic E-state index is 13.0. The number of aliphatic imine (C=N–C) groups is 1. The largest absolute Gasteiger partial charge is 0.511 e. The molecular formula is C37H61N7O9S. The van der Waals surface area contributed by atoms with Crippen molar-refractivity contribution in [2.75, 3.05) is 78.2 Å². The lowest BCUT2D eigenvalue weighted by Crippen LogP contribution is -2.36. The number of Topliss-reactive ketones (excluding diaryl/α,β-unsaturated/α-hetero) is 1. The van der Waals surface area contributed by atoms with E-state index in [1.165, 1.54) is 0 Å². The summed E-state index contributed by atoms with van der Waals surface area (Å²) < 4.78 is 22.4. The summed E-state index contributed by atoms with van der Waals surface area (Å²) >= 11 is 1.89. The van der Waals surface area contributed by atoms with Crippen molar-refractivity contribution in [3.8, 4) is 0 Å². The van der Waals surface area contributed by atoms with Gasteiger partial charge in [0.2, 0.25) is 11.8 Å². The third-order valence-corrected chi connectivity index (χ3v) is 11.2. The minimum absolute atomic E-state index is 0.00426. The highest BCUT2D eigenvalue weighted by Crippen LogP contribution is 2.37. The average Bonchev–Trinajstić information content (AvgIpc) is 3.62. The van der Waals surface area contributed by atoms with E-state index in [1.807, 2.05) is 25.6 Å². The lowest BCUT2D eigenvalue weighted by Gasteiger charge is -2.30. The fourth-order valence-corrected chi connectivity index (χ4v) is 8.42. The van der Waals surface area contributed by atoms with Gasteiger partial charge in [0, 0.05) is 56.2 Å². The van der Waals surface area contributed by atoms with E-state index in [9.17, 15) is 24.3 Å². The van der Waals surface area contributed by atoms with Crippen molar-refractivity contribution in [1.82, 2.24) is 21.3 Å².